The first-order chi connectivity index (χ1) is 15.0. The molecule has 0 fully saturated rings. The van der Waals surface area contributed by atoms with E-state index in [9.17, 15) is 9.59 Å². The van der Waals surface area contributed by atoms with Crippen LogP contribution in [0.4, 0.5) is 5.13 Å². The smallest absolute Gasteiger partial charge is 0.257 e. The van der Waals surface area contributed by atoms with Crippen molar-refractivity contribution in [3.8, 4) is 16.3 Å². The molecule has 0 bridgehead atoms. The van der Waals surface area contributed by atoms with Crippen LogP contribution in [-0.4, -0.2) is 46.6 Å². The summed E-state index contributed by atoms with van der Waals surface area (Å²) in [5, 5.41) is 12.2. The van der Waals surface area contributed by atoms with Crippen LogP contribution in [0.2, 0.25) is 0 Å². The molecule has 1 N–H and O–H groups in total. The van der Waals surface area contributed by atoms with Gasteiger partial charge in [0, 0.05) is 24.6 Å². The molecule has 0 aliphatic carbocycles. The molecule has 0 spiro atoms. The van der Waals surface area contributed by atoms with E-state index in [4.69, 9.17) is 4.74 Å². The number of hydrogen-bond acceptors (Lipinski definition) is 6. The Morgan fingerprint density at radius 3 is 2.52 bits per heavy atom. The summed E-state index contributed by atoms with van der Waals surface area (Å²) in [7, 11) is 1.54. The number of aromatic nitrogens is 2. The summed E-state index contributed by atoms with van der Waals surface area (Å²) in [5.74, 6) is 0.159. The fourth-order valence-corrected chi connectivity index (χ4v) is 3.86. The number of benzene rings is 2. The zero-order chi connectivity index (χ0) is 22.2. The number of amides is 2. The first kappa shape index (κ1) is 22.4. The molecule has 1 atom stereocenters. The molecule has 1 heterocycles. The van der Waals surface area contributed by atoms with Gasteiger partial charge in [0.05, 0.1) is 12.7 Å². The highest BCUT2D eigenvalue weighted by molar-refractivity contribution is 7.18. The maximum absolute atomic E-state index is 13.1. The van der Waals surface area contributed by atoms with Crippen LogP contribution in [0.1, 0.15) is 37.0 Å². The molecule has 0 saturated heterocycles. The number of methoxy groups -OCH3 is 1. The maximum atomic E-state index is 13.1. The van der Waals surface area contributed by atoms with Gasteiger partial charge in [-0.25, -0.2) is 0 Å². The minimum atomic E-state index is -0.211. The van der Waals surface area contributed by atoms with Crippen molar-refractivity contribution in [1.82, 2.24) is 15.1 Å². The van der Waals surface area contributed by atoms with E-state index in [-0.39, 0.29) is 24.3 Å². The average molecular weight is 439 g/mol. The normalized spacial score (nSPS) is 11.6. The molecular weight excluding hydrogens is 412 g/mol. The molecule has 1 unspecified atom stereocenters. The molecule has 2 amide bonds. The van der Waals surface area contributed by atoms with E-state index in [0.717, 1.165) is 17.0 Å². The summed E-state index contributed by atoms with van der Waals surface area (Å²) in [4.78, 5) is 27.4. The van der Waals surface area contributed by atoms with Gasteiger partial charge in [0.25, 0.3) is 5.91 Å². The third-order valence-electron chi connectivity index (χ3n) is 4.99. The molecule has 31 heavy (non-hydrogen) atoms. The van der Waals surface area contributed by atoms with Crippen LogP contribution in [-0.2, 0) is 4.79 Å². The second-order valence-electron chi connectivity index (χ2n) is 7.03. The predicted molar refractivity (Wildman–Crippen MR) is 122 cm³/mol. The number of hydrogen-bond donors (Lipinski definition) is 1. The number of para-hydroxylation sites is 1. The third-order valence-corrected chi connectivity index (χ3v) is 5.88. The molecule has 3 rings (SSSR count). The van der Waals surface area contributed by atoms with Crippen molar-refractivity contribution in [1.29, 1.82) is 0 Å². The Kier molecular flexibility index (Phi) is 7.72. The first-order valence-corrected chi connectivity index (χ1v) is 11.0. The van der Waals surface area contributed by atoms with Crippen LogP contribution >= 0.6 is 11.3 Å². The highest BCUT2D eigenvalue weighted by Crippen LogP contribution is 2.26. The summed E-state index contributed by atoms with van der Waals surface area (Å²) in [5.41, 5.74) is 1.44. The summed E-state index contributed by atoms with van der Waals surface area (Å²) in [6, 6.07) is 16.8. The molecule has 2 aromatic carbocycles. The van der Waals surface area contributed by atoms with E-state index in [1.165, 1.54) is 11.3 Å². The molecule has 3 aromatic rings. The Morgan fingerprint density at radius 2 is 1.81 bits per heavy atom. The molecule has 162 valence electrons. The molecule has 0 radical (unpaired) electrons. The average Bonchev–Trinajstić information content (AvgIpc) is 3.27. The van der Waals surface area contributed by atoms with Gasteiger partial charge in [-0.15, -0.1) is 10.2 Å². The van der Waals surface area contributed by atoms with Crippen molar-refractivity contribution in [3.63, 3.8) is 0 Å². The van der Waals surface area contributed by atoms with Crippen molar-refractivity contribution in [2.75, 3.05) is 19.0 Å². The minimum Gasteiger partial charge on any atom is -0.496 e. The molecule has 1 aromatic heterocycles. The Bertz CT molecular complexity index is 1020. The molecule has 7 nitrogen and oxygen atoms in total. The SMILES string of the molecule is CCC(C)N(CCC(=O)Nc1nnc(-c2ccccc2)s1)C(=O)c1ccccc1OC. The van der Waals surface area contributed by atoms with Crippen LogP contribution in [0.25, 0.3) is 10.6 Å². The van der Waals surface area contributed by atoms with Crippen molar-refractivity contribution in [2.24, 2.45) is 0 Å². The quantitative estimate of drug-likeness (QED) is 0.532. The van der Waals surface area contributed by atoms with E-state index < -0.39 is 0 Å². The zero-order valence-corrected chi connectivity index (χ0v) is 18.7. The Balaban J connectivity index is 1.64. The number of nitrogens with one attached hydrogen (secondary N) is 1. The van der Waals surface area contributed by atoms with E-state index in [1.807, 2.05) is 50.2 Å². The number of ether oxygens (including phenoxy) is 1. The Morgan fingerprint density at radius 1 is 1.10 bits per heavy atom. The topological polar surface area (TPSA) is 84.4 Å². The summed E-state index contributed by atoms with van der Waals surface area (Å²) in [6.07, 6.45) is 0.935. The number of rotatable bonds is 9. The lowest BCUT2D eigenvalue weighted by molar-refractivity contribution is -0.116. The van der Waals surface area contributed by atoms with E-state index in [2.05, 4.69) is 15.5 Å². The van der Waals surface area contributed by atoms with E-state index in [1.54, 1.807) is 30.2 Å². The van der Waals surface area contributed by atoms with Crippen LogP contribution in [0.15, 0.2) is 54.6 Å². The monoisotopic (exact) mass is 438 g/mol. The summed E-state index contributed by atoms with van der Waals surface area (Å²) < 4.78 is 5.33. The summed E-state index contributed by atoms with van der Waals surface area (Å²) >= 11 is 1.32. The lowest BCUT2D eigenvalue weighted by Gasteiger charge is -2.29. The van der Waals surface area contributed by atoms with Gasteiger partial charge in [-0.05, 0) is 25.5 Å². The van der Waals surface area contributed by atoms with Gasteiger partial charge in [-0.1, -0.05) is 60.7 Å². The lowest BCUT2D eigenvalue weighted by Crippen LogP contribution is -2.40. The van der Waals surface area contributed by atoms with E-state index >= 15 is 0 Å². The van der Waals surface area contributed by atoms with Gasteiger partial charge in [0.2, 0.25) is 11.0 Å². The fourth-order valence-electron chi connectivity index (χ4n) is 3.09. The van der Waals surface area contributed by atoms with Gasteiger partial charge < -0.3 is 15.0 Å². The van der Waals surface area contributed by atoms with Crippen LogP contribution in [0.3, 0.4) is 0 Å². The zero-order valence-electron chi connectivity index (χ0n) is 17.9. The van der Waals surface area contributed by atoms with Crippen molar-refractivity contribution < 1.29 is 14.3 Å². The van der Waals surface area contributed by atoms with Gasteiger partial charge in [0.15, 0.2) is 0 Å². The van der Waals surface area contributed by atoms with Crippen molar-refractivity contribution in [2.45, 2.75) is 32.7 Å². The largest absolute Gasteiger partial charge is 0.496 e. The second-order valence-corrected chi connectivity index (χ2v) is 8.01. The lowest BCUT2D eigenvalue weighted by atomic mass is 10.1. The highest BCUT2D eigenvalue weighted by Gasteiger charge is 2.24. The van der Waals surface area contributed by atoms with Crippen LogP contribution in [0.5, 0.6) is 5.75 Å². The fraction of sp³-hybridized carbons (Fsp3) is 0.304. The van der Waals surface area contributed by atoms with Crippen molar-refractivity contribution in [3.05, 3.63) is 60.2 Å². The Hall–Kier alpha value is -3.26. The third kappa shape index (κ3) is 5.67. The van der Waals surface area contributed by atoms with Gasteiger partial charge >= 0.3 is 0 Å². The Labute approximate surface area is 186 Å². The summed E-state index contributed by atoms with van der Waals surface area (Å²) in [6.45, 7) is 4.28. The number of anilines is 1. The van der Waals surface area contributed by atoms with Gasteiger partial charge in [0.1, 0.15) is 10.8 Å². The maximum Gasteiger partial charge on any atom is 0.257 e. The molecule has 0 aliphatic rings. The number of carbonyl (C=O) groups is 2. The van der Waals surface area contributed by atoms with Crippen LogP contribution < -0.4 is 10.1 Å². The molecular formula is C23H26N4O3S. The van der Waals surface area contributed by atoms with Gasteiger partial charge in [-0.3, -0.25) is 9.59 Å². The molecule has 0 saturated carbocycles. The molecule has 8 heteroatoms. The number of nitrogens with zero attached hydrogens (tertiary/aromatic N) is 3. The second kappa shape index (κ2) is 10.7. The first-order valence-electron chi connectivity index (χ1n) is 10.2. The van der Waals surface area contributed by atoms with Crippen LogP contribution in [0, 0.1) is 0 Å². The highest BCUT2D eigenvalue weighted by atomic mass is 32.1. The minimum absolute atomic E-state index is 0.0172. The standard InChI is InChI=1S/C23H26N4O3S/c1-4-16(2)27(22(29)18-12-8-9-13-19(18)30-3)15-14-20(28)24-23-26-25-21(31-23)17-10-6-5-7-11-17/h5-13,16H,4,14-15H2,1-3H3,(H,24,26,28). The number of carbonyl (C=O) groups excluding carboxylic acids is 2. The van der Waals surface area contributed by atoms with Crippen molar-refractivity contribution >= 4 is 28.3 Å². The van der Waals surface area contributed by atoms with E-state index in [0.29, 0.717) is 23.0 Å². The molecule has 0 aliphatic heterocycles. The van der Waals surface area contributed by atoms with Gasteiger partial charge in [-0.2, -0.15) is 0 Å². The predicted octanol–water partition coefficient (Wildman–Crippen LogP) is 4.48.